The van der Waals surface area contributed by atoms with Crippen LogP contribution in [-0.4, -0.2) is 47.0 Å². The fourth-order valence-electron chi connectivity index (χ4n) is 2.44. The highest BCUT2D eigenvalue weighted by Gasteiger charge is 2.30. The maximum absolute atomic E-state index is 11.8. The molecule has 1 aromatic rings. The summed E-state index contributed by atoms with van der Waals surface area (Å²) in [5.41, 5.74) is -0.139. The van der Waals surface area contributed by atoms with Gasteiger partial charge in [0.25, 0.3) is 5.56 Å². The number of nitrogens with zero attached hydrogens (tertiary/aromatic N) is 3. The summed E-state index contributed by atoms with van der Waals surface area (Å²) >= 11 is 0. The Kier molecular flexibility index (Phi) is 3.88. The van der Waals surface area contributed by atoms with Gasteiger partial charge in [0, 0.05) is 38.4 Å². The molecule has 0 N–H and O–H groups in total. The van der Waals surface area contributed by atoms with E-state index in [0.29, 0.717) is 18.7 Å². The summed E-state index contributed by atoms with van der Waals surface area (Å²) in [7, 11) is 1.91. The highest BCUT2D eigenvalue weighted by molar-refractivity contribution is 7.91. The predicted molar refractivity (Wildman–Crippen MR) is 75.4 cm³/mol. The summed E-state index contributed by atoms with van der Waals surface area (Å²) < 4.78 is 25.4. The molecule has 0 saturated carbocycles. The summed E-state index contributed by atoms with van der Waals surface area (Å²) in [5, 5.41) is 0. The van der Waals surface area contributed by atoms with E-state index in [2.05, 4.69) is 0 Å². The zero-order valence-electron chi connectivity index (χ0n) is 11.9. The summed E-state index contributed by atoms with van der Waals surface area (Å²) in [6, 6.07) is 1.36. The predicted octanol–water partition coefficient (Wildman–Crippen LogP) is -1.30. The molecule has 20 heavy (non-hydrogen) atoms. The topological polar surface area (TPSA) is 81.4 Å². The Labute approximate surface area is 117 Å². The average Bonchev–Trinajstić information content (AvgIpc) is 2.74. The van der Waals surface area contributed by atoms with Gasteiger partial charge >= 0.3 is 5.69 Å². The Hall–Kier alpha value is -1.41. The van der Waals surface area contributed by atoms with E-state index in [1.54, 1.807) is 7.05 Å². The first kappa shape index (κ1) is 15.0. The van der Waals surface area contributed by atoms with E-state index in [9.17, 15) is 18.0 Å². The molecule has 7 nitrogen and oxygen atoms in total. The summed E-state index contributed by atoms with van der Waals surface area (Å²) in [4.78, 5) is 25.4. The van der Waals surface area contributed by atoms with Gasteiger partial charge in [-0.05, 0) is 13.5 Å². The van der Waals surface area contributed by atoms with Crippen LogP contribution in [0, 0.1) is 0 Å². The Morgan fingerprint density at radius 3 is 2.50 bits per heavy atom. The van der Waals surface area contributed by atoms with Gasteiger partial charge in [0.05, 0.1) is 11.5 Å². The number of aromatic nitrogens is 2. The van der Waals surface area contributed by atoms with Crippen molar-refractivity contribution in [3.63, 3.8) is 0 Å². The van der Waals surface area contributed by atoms with Crippen LogP contribution in [0.1, 0.15) is 12.1 Å². The normalized spacial score (nSPS) is 21.5. The molecule has 1 saturated heterocycles. The molecular formula is C12H19N3O4S. The highest BCUT2D eigenvalue weighted by atomic mass is 32.2. The monoisotopic (exact) mass is 301 g/mol. The third-order valence-electron chi connectivity index (χ3n) is 3.87. The van der Waals surface area contributed by atoms with E-state index >= 15 is 0 Å². The number of sulfone groups is 1. The Bertz CT molecular complexity index is 732. The minimum Gasteiger partial charge on any atom is -0.299 e. The van der Waals surface area contributed by atoms with Crippen molar-refractivity contribution in [1.29, 1.82) is 0 Å². The third-order valence-corrected chi connectivity index (χ3v) is 5.62. The Morgan fingerprint density at radius 2 is 1.95 bits per heavy atom. The largest absolute Gasteiger partial charge is 0.330 e. The van der Waals surface area contributed by atoms with Crippen molar-refractivity contribution in [2.24, 2.45) is 14.1 Å². The molecule has 112 valence electrons. The molecule has 0 spiro atoms. The molecule has 2 heterocycles. The van der Waals surface area contributed by atoms with E-state index < -0.39 is 9.84 Å². The second-order valence-corrected chi connectivity index (χ2v) is 7.58. The zero-order chi connectivity index (χ0) is 15.1. The molecule has 0 bridgehead atoms. The maximum Gasteiger partial charge on any atom is 0.330 e. The van der Waals surface area contributed by atoms with Crippen molar-refractivity contribution in [3.05, 3.63) is 32.6 Å². The van der Waals surface area contributed by atoms with Gasteiger partial charge in [-0.2, -0.15) is 0 Å². The van der Waals surface area contributed by atoms with Gasteiger partial charge in [-0.1, -0.05) is 0 Å². The molecule has 8 heteroatoms. The van der Waals surface area contributed by atoms with Crippen molar-refractivity contribution >= 4 is 9.84 Å². The van der Waals surface area contributed by atoms with Gasteiger partial charge in [-0.25, -0.2) is 13.2 Å². The summed E-state index contributed by atoms with van der Waals surface area (Å²) in [6.45, 7) is 0.377. The second kappa shape index (κ2) is 5.17. The van der Waals surface area contributed by atoms with Crippen molar-refractivity contribution in [2.75, 3.05) is 18.6 Å². The van der Waals surface area contributed by atoms with Crippen LogP contribution in [0.5, 0.6) is 0 Å². The lowest BCUT2D eigenvalue weighted by Crippen LogP contribution is -2.40. The molecule has 2 rings (SSSR count). The molecule has 0 amide bonds. The number of rotatable bonds is 3. The number of hydrogen-bond donors (Lipinski definition) is 0. The van der Waals surface area contributed by atoms with Gasteiger partial charge < -0.3 is 0 Å². The molecule has 0 aromatic carbocycles. The fraction of sp³-hybridized carbons (Fsp3) is 0.667. The second-order valence-electron chi connectivity index (χ2n) is 5.35. The Balaban J connectivity index is 2.23. The molecule has 1 aromatic heterocycles. The zero-order valence-corrected chi connectivity index (χ0v) is 12.7. The smallest absolute Gasteiger partial charge is 0.299 e. The van der Waals surface area contributed by atoms with Crippen LogP contribution in [0.2, 0.25) is 0 Å². The van der Waals surface area contributed by atoms with Gasteiger partial charge in [-0.15, -0.1) is 0 Å². The quantitative estimate of drug-likeness (QED) is 0.693. The lowest BCUT2D eigenvalue weighted by atomic mass is 10.2. The molecule has 1 aliphatic heterocycles. The van der Waals surface area contributed by atoms with E-state index in [0.717, 1.165) is 4.57 Å². The fourth-order valence-corrected chi connectivity index (χ4v) is 4.24. The van der Waals surface area contributed by atoms with Crippen molar-refractivity contribution in [2.45, 2.75) is 19.0 Å². The first-order valence-electron chi connectivity index (χ1n) is 6.38. The van der Waals surface area contributed by atoms with E-state index in [1.165, 1.54) is 17.7 Å². The average molecular weight is 301 g/mol. The molecular weight excluding hydrogens is 282 g/mol. The van der Waals surface area contributed by atoms with Crippen molar-refractivity contribution < 1.29 is 8.42 Å². The SMILES string of the molecule is CN(Cc1cc(=O)n(C)c(=O)n1C)[C@@H]1CCS(=O)(=O)C1. The third kappa shape index (κ3) is 2.85. The van der Waals surface area contributed by atoms with Crippen LogP contribution >= 0.6 is 0 Å². The molecule has 1 atom stereocenters. The van der Waals surface area contributed by atoms with Crippen molar-refractivity contribution in [3.8, 4) is 0 Å². The molecule has 0 unspecified atom stereocenters. The van der Waals surface area contributed by atoms with Crippen LogP contribution in [0.3, 0.4) is 0 Å². The highest BCUT2D eigenvalue weighted by Crippen LogP contribution is 2.17. The van der Waals surface area contributed by atoms with Crippen LogP contribution < -0.4 is 11.2 Å². The molecule has 0 radical (unpaired) electrons. The molecule has 1 fully saturated rings. The van der Waals surface area contributed by atoms with Gasteiger partial charge in [0.1, 0.15) is 0 Å². The van der Waals surface area contributed by atoms with Crippen LogP contribution in [0.15, 0.2) is 15.7 Å². The minimum absolute atomic E-state index is 0.0563. The lowest BCUT2D eigenvalue weighted by Gasteiger charge is -2.24. The lowest BCUT2D eigenvalue weighted by molar-refractivity contribution is 0.247. The van der Waals surface area contributed by atoms with Crippen LogP contribution in [-0.2, 0) is 30.5 Å². The van der Waals surface area contributed by atoms with Crippen molar-refractivity contribution in [1.82, 2.24) is 14.0 Å². The molecule has 1 aliphatic rings. The van der Waals surface area contributed by atoms with Gasteiger partial charge in [0.15, 0.2) is 9.84 Å². The van der Waals surface area contributed by atoms with Gasteiger partial charge in [0.2, 0.25) is 0 Å². The standard InChI is InChI=1S/C12H19N3O4S/c1-13(9-4-5-20(18,19)8-9)7-10-6-11(16)15(3)12(17)14(10)2/h6,9H,4-5,7-8H2,1-3H3/t9-/m1/s1. The molecule has 0 aliphatic carbocycles. The minimum atomic E-state index is -2.94. The van der Waals surface area contributed by atoms with Crippen LogP contribution in [0.4, 0.5) is 0 Å². The van der Waals surface area contributed by atoms with Crippen LogP contribution in [0.25, 0.3) is 0 Å². The first-order chi connectivity index (χ1) is 9.21. The van der Waals surface area contributed by atoms with E-state index in [4.69, 9.17) is 0 Å². The summed E-state index contributed by atoms with van der Waals surface area (Å²) in [5.74, 6) is 0.347. The maximum atomic E-state index is 11.8. The summed E-state index contributed by atoms with van der Waals surface area (Å²) in [6.07, 6.45) is 0.595. The van der Waals surface area contributed by atoms with E-state index in [-0.39, 0.29) is 28.8 Å². The van der Waals surface area contributed by atoms with E-state index in [1.807, 2.05) is 11.9 Å². The number of hydrogen-bond acceptors (Lipinski definition) is 5. The first-order valence-corrected chi connectivity index (χ1v) is 8.20. The Morgan fingerprint density at radius 1 is 1.30 bits per heavy atom. The van der Waals surface area contributed by atoms with Gasteiger partial charge in [-0.3, -0.25) is 18.8 Å².